The highest BCUT2D eigenvalue weighted by Crippen LogP contribution is 2.10. The number of nitrogens with one attached hydrogen (secondary N) is 1. The minimum Gasteiger partial charge on any atom is -0.469 e. The first kappa shape index (κ1) is 27.7. The van der Waals surface area contributed by atoms with Crippen LogP contribution in [0.4, 0.5) is 0 Å². The molecule has 0 fully saturated rings. The van der Waals surface area contributed by atoms with E-state index in [1.807, 2.05) is 60.7 Å². The normalized spacial score (nSPS) is 12.3. The minimum absolute atomic E-state index is 0.0304. The summed E-state index contributed by atoms with van der Waals surface area (Å²) in [5.41, 5.74) is 1.80. The molecule has 0 saturated carbocycles. The number of likely N-dealkylation sites (N-methyl/N-ethyl adjacent to an activating group) is 1. The molecule has 8 heteroatoms. The lowest BCUT2D eigenvalue weighted by atomic mass is 9.99. The van der Waals surface area contributed by atoms with Gasteiger partial charge in [-0.15, -0.1) is 0 Å². The summed E-state index contributed by atoms with van der Waals surface area (Å²) in [4.78, 5) is 51.5. The van der Waals surface area contributed by atoms with Gasteiger partial charge in [-0.1, -0.05) is 67.6 Å². The zero-order valence-electron chi connectivity index (χ0n) is 20.6. The Labute approximate surface area is 206 Å². The van der Waals surface area contributed by atoms with Crippen LogP contribution in [0, 0.1) is 0 Å². The first-order chi connectivity index (χ1) is 16.8. The zero-order valence-corrected chi connectivity index (χ0v) is 20.6. The van der Waals surface area contributed by atoms with Gasteiger partial charge in [-0.3, -0.25) is 19.2 Å². The maximum Gasteiger partial charge on any atom is 0.305 e. The lowest BCUT2D eigenvalue weighted by Gasteiger charge is -2.29. The summed E-state index contributed by atoms with van der Waals surface area (Å²) in [7, 11) is 2.81. The predicted molar refractivity (Wildman–Crippen MR) is 131 cm³/mol. The molecule has 2 aromatic rings. The molecule has 1 N–H and O–H groups in total. The Bertz CT molecular complexity index is 964. The molecule has 2 aromatic carbocycles. The van der Waals surface area contributed by atoms with E-state index >= 15 is 0 Å². The van der Waals surface area contributed by atoms with E-state index in [1.165, 1.54) is 12.0 Å². The predicted octanol–water partition coefficient (Wildman–Crippen LogP) is 2.69. The number of esters is 1. The molecule has 0 aliphatic heterocycles. The van der Waals surface area contributed by atoms with Crippen LogP contribution in [0.15, 0.2) is 60.7 Å². The Morgan fingerprint density at radius 1 is 0.914 bits per heavy atom. The number of methoxy groups -OCH3 is 1. The monoisotopic (exact) mass is 482 g/mol. The van der Waals surface area contributed by atoms with Crippen molar-refractivity contribution in [3.63, 3.8) is 0 Å². The summed E-state index contributed by atoms with van der Waals surface area (Å²) in [6, 6.07) is 17.0. The second kappa shape index (κ2) is 14.7. The van der Waals surface area contributed by atoms with Crippen LogP contribution in [0.1, 0.15) is 37.3 Å². The van der Waals surface area contributed by atoms with Crippen LogP contribution in [-0.2, 0) is 41.7 Å². The Balaban J connectivity index is 2.15. The van der Waals surface area contributed by atoms with Crippen molar-refractivity contribution < 1.29 is 28.7 Å². The molecule has 0 bridgehead atoms. The highest BCUT2D eigenvalue weighted by Gasteiger charge is 2.30. The lowest BCUT2D eigenvalue weighted by Crippen LogP contribution is -2.54. The topological polar surface area (TPSA) is 102 Å². The second-order valence-electron chi connectivity index (χ2n) is 8.17. The van der Waals surface area contributed by atoms with Crippen LogP contribution < -0.4 is 5.32 Å². The molecular formula is C27H34N2O6. The van der Waals surface area contributed by atoms with E-state index in [-0.39, 0.29) is 50.6 Å². The number of Topliss-reactive ketones (excluding diaryl/α,β-unsaturated/α-hetero) is 1. The van der Waals surface area contributed by atoms with Crippen molar-refractivity contribution in [1.29, 1.82) is 0 Å². The summed E-state index contributed by atoms with van der Waals surface area (Å²) < 4.78 is 10.4. The standard InChI is InChI=1S/C27H34N2O6/c1-4-25(31)29(2)23(19-35-18-21-13-9-6-10-14-21)27(33)28-22(17-20-11-7-5-8-12-20)24(30)15-16-26(32)34-3/h5-14,22-23H,4,15-19H2,1-3H3,(H,28,33)/t22-,23-/m1/s1. The van der Waals surface area contributed by atoms with Gasteiger partial charge in [-0.2, -0.15) is 0 Å². The third-order valence-electron chi connectivity index (χ3n) is 5.64. The van der Waals surface area contributed by atoms with E-state index in [0.717, 1.165) is 11.1 Å². The van der Waals surface area contributed by atoms with Crippen molar-refractivity contribution in [2.75, 3.05) is 20.8 Å². The summed E-state index contributed by atoms with van der Waals surface area (Å²) in [5.74, 6) is -1.50. The number of nitrogens with zero attached hydrogens (tertiary/aromatic N) is 1. The fourth-order valence-corrected chi connectivity index (χ4v) is 3.51. The van der Waals surface area contributed by atoms with Crippen LogP contribution in [0.5, 0.6) is 0 Å². The van der Waals surface area contributed by atoms with Gasteiger partial charge in [0.25, 0.3) is 0 Å². The van der Waals surface area contributed by atoms with Gasteiger partial charge in [0.15, 0.2) is 5.78 Å². The molecule has 0 aliphatic rings. The maximum absolute atomic E-state index is 13.3. The number of ether oxygens (including phenoxy) is 2. The molecule has 2 amide bonds. The molecule has 0 heterocycles. The van der Waals surface area contributed by atoms with E-state index in [4.69, 9.17) is 4.74 Å². The molecule has 0 spiro atoms. The van der Waals surface area contributed by atoms with Crippen molar-refractivity contribution in [3.8, 4) is 0 Å². The molecule has 2 atom stereocenters. The van der Waals surface area contributed by atoms with Crippen molar-refractivity contribution in [2.24, 2.45) is 0 Å². The Kier molecular flexibility index (Phi) is 11.6. The third kappa shape index (κ3) is 9.33. The number of hydrogen-bond acceptors (Lipinski definition) is 6. The van der Waals surface area contributed by atoms with Gasteiger partial charge in [0.05, 0.1) is 32.8 Å². The van der Waals surface area contributed by atoms with E-state index in [0.29, 0.717) is 0 Å². The summed E-state index contributed by atoms with van der Waals surface area (Å²) in [6.07, 6.45) is 0.345. The van der Waals surface area contributed by atoms with Gasteiger partial charge >= 0.3 is 5.97 Å². The van der Waals surface area contributed by atoms with Crippen molar-refractivity contribution in [1.82, 2.24) is 10.2 Å². The molecule has 188 valence electrons. The molecule has 0 saturated heterocycles. The molecule has 0 aliphatic carbocycles. The summed E-state index contributed by atoms with van der Waals surface area (Å²) >= 11 is 0. The number of hydrogen-bond donors (Lipinski definition) is 1. The largest absolute Gasteiger partial charge is 0.469 e. The second-order valence-corrected chi connectivity index (χ2v) is 8.17. The summed E-state index contributed by atoms with van der Waals surface area (Å²) in [5, 5.41) is 2.80. The van der Waals surface area contributed by atoms with Crippen LogP contribution in [-0.4, -0.2) is 61.3 Å². The third-order valence-corrected chi connectivity index (χ3v) is 5.64. The Morgan fingerprint density at radius 2 is 1.51 bits per heavy atom. The molecule has 2 rings (SSSR count). The number of amides is 2. The number of carbonyl (C=O) groups is 4. The quantitative estimate of drug-likeness (QED) is 0.416. The molecule has 0 unspecified atom stereocenters. The first-order valence-electron chi connectivity index (χ1n) is 11.7. The average Bonchev–Trinajstić information content (AvgIpc) is 2.89. The first-order valence-corrected chi connectivity index (χ1v) is 11.7. The number of carbonyl (C=O) groups excluding carboxylic acids is 4. The van der Waals surface area contributed by atoms with Gasteiger partial charge in [0.2, 0.25) is 11.8 Å². The summed E-state index contributed by atoms with van der Waals surface area (Å²) in [6.45, 7) is 1.97. The van der Waals surface area contributed by atoms with Gasteiger partial charge in [-0.05, 0) is 17.5 Å². The van der Waals surface area contributed by atoms with E-state index in [9.17, 15) is 19.2 Å². The van der Waals surface area contributed by atoms with E-state index in [2.05, 4.69) is 10.1 Å². The van der Waals surface area contributed by atoms with Crippen LogP contribution >= 0.6 is 0 Å². The van der Waals surface area contributed by atoms with Crippen LogP contribution in [0.25, 0.3) is 0 Å². The zero-order chi connectivity index (χ0) is 25.6. The number of ketones is 1. The SMILES string of the molecule is CCC(=O)N(C)[C@H](COCc1ccccc1)C(=O)N[C@H](Cc1ccccc1)C(=O)CCC(=O)OC. The highest BCUT2D eigenvalue weighted by atomic mass is 16.5. The maximum atomic E-state index is 13.3. The molecule has 35 heavy (non-hydrogen) atoms. The smallest absolute Gasteiger partial charge is 0.305 e. The van der Waals surface area contributed by atoms with Crippen molar-refractivity contribution >= 4 is 23.6 Å². The highest BCUT2D eigenvalue weighted by molar-refractivity contribution is 5.94. The van der Waals surface area contributed by atoms with Gasteiger partial charge < -0.3 is 19.7 Å². The molecule has 0 aromatic heterocycles. The van der Waals surface area contributed by atoms with Crippen LogP contribution in [0.3, 0.4) is 0 Å². The lowest BCUT2D eigenvalue weighted by molar-refractivity contribution is -0.143. The van der Waals surface area contributed by atoms with Gasteiger partial charge in [0.1, 0.15) is 6.04 Å². The van der Waals surface area contributed by atoms with Crippen molar-refractivity contribution in [2.45, 2.75) is 51.3 Å². The minimum atomic E-state index is -0.919. The van der Waals surface area contributed by atoms with E-state index < -0.39 is 24.0 Å². The number of rotatable bonds is 14. The molecule has 8 nitrogen and oxygen atoms in total. The van der Waals surface area contributed by atoms with E-state index in [1.54, 1.807) is 14.0 Å². The fourth-order valence-electron chi connectivity index (χ4n) is 3.51. The molecular weight excluding hydrogens is 448 g/mol. The van der Waals surface area contributed by atoms with Crippen LogP contribution in [0.2, 0.25) is 0 Å². The van der Waals surface area contributed by atoms with Gasteiger partial charge in [-0.25, -0.2) is 0 Å². The Morgan fingerprint density at radius 3 is 2.09 bits per heavy atom. The van der Waals surface area contributed by atoms with Crippen molar-refractivity contribution in [3.05, 3.63) is 71.8 Å². The average molecular weight is 483 g/mol. The van der Waals surface area contributed by atoms with Gasteiger partial charge in [0, 0.05) is 19.9 Å². The fraction of sp³-hybridized carbons (Fsp3) is 0.407. The Hall–Kier alpha value is -3.52. The molecule has 0 radical (unpaired) electrons. The number of benzene rings is 2.